The van der Waals surface area contributed by atoms with Gasteiger partial charge < -0.3 is 9.47 Å². The molecule has 4 heteroatoms. The van der Waals surface area contributed by atoms with Crippen LogP contribution < -0.4 is 0 Å². The molecular weight excluding hydrogens is 304 g/mol. The predicted octanol–water partition coefficient (Wildman–Crippen LogP) is 5.16. The Morgan fingerprint density at radius 3 is 1.71 bits per heavy atom. The lowest BCUT2D eigenvalue weighted by Gasteiger charge is -2.06. The van der Waals surface area contributed by atoms with Gasteiger partial charge in [0.2, 0.25) is 0 Å². The van der Waals surface area contributed by atoms with Gasteiger partial charge in [-0.15, -0.1) is 0 Å². The summed E-state index contributed by atoms with van der Waals surface area (Å²) in [4.78, 5) is 23.2. The monoisotopic (exact) mass is 334 g/mol. The van der Waals surface area contributed by atoms with E-state index < -0.39 is 5.97 Å². The first-order valence-electron chi connectivity index (χ1n) is 9.04. The molecular formula is C20H30O4. The van der Waals surface area contributed by atoms with Crippen LogP contribution in [-0.2, 0) is 9.47 Å². The summed E-state index contributed by atoms with van der Waals surface area (Å²) >= 11 is 0. The topological polar surface area (TPSA) is 52.6 Å². The van der Waals surface area contributed by atoms with Crippen LogP contribution in [0.2, 0.25) is 0 Å². The average molecular weight is 334 g/mol. The highest BCUT2D eigenvalue weighted by Crippen LogP contribution is 2.11. The standard InChI is InChI=1S/C20H30O4/c1-3-4-5-6-7-8-9-10-11-16-24-20(22)18-14-12-17(13-15-18)19(21)23-2/h12-15H,3-11,16H2,1-2H3. The highest BCUT2D eigenvalue weighted by Gasteiger charge is 2.09. The summed E-state index contributed by atoms with van der Waals surface area (Å²) in [6.07, 6.45) is 11.1. The van der Waals surface area contributed by atoms with Gasteiger partial charge in [0.1, 0.15) is 0 Å². The number of methoxy groups -OCH3 is 1. The largest absolute Gasteiger partial charge is 0.465 e. The highest BCUT2D eigenvalue weighted by atomic mass is 16.5. The minimum atomic E-state index is -0.412. The summed E-state index contributed by atoms with van der Waals surface area (Å²) < 4.78 is 9.88. The number of hydrogen-bond acceptors (Lipinski definition) is 4. The first kappa shape index (κ1) is 20.2. The molecule has 134 valence electrons. The van der Waals surface area contributed by atoms with Crippen molar-refractivity contribution in [3.05, 3.63) is 35.4 Å². The maximum atomic E-state index is 11.9. The molecule has 0 unspecified atom stereocenters. The quantitative estimate of drug-likeness (QED) is 0.391. The van der Waals surface area contributed by atoms with E-state index in [0.717, 1.165) is 12.8 Å². The Morgan fingerprint density at radius 1 is 0.750 bits per heavy atom. The number of rotatable bonds is 12. The maximum absolute atomic E-state index is 11.9. The molecule has 0 radical (unpaired) electrons. The normalized spacial score (nSPS) is 10.4. The average Bonchev–Trinajstić information content (AvgIpc) is 2.62. The van der Waals surface area contributed by atoms with Crippen LogP contribution in [0.4, 0.5) is 0 Å². The molecule has 0 spiro atoms. The lowest BCUT2D eigenvalue weighted by molar-refractivity contribution is 0.0495. The summed E-state index contributed by atoms with van der Waals surface area (Å²) in [7, 11) is 1.33. The molecule has 0 aromatic heterocycles. The molecule has 0 amide bonds. The van der Waals surface area contributed by atoms with Crippen molar-refractivity contribution in [1.82, 2.24) is 0 Å². The minimum absolute atomic E-state index is 0.342. The number of carbonyl (C=O) groups is 2. The molecule has 24 heavy (non-hydrogen) atoms. The molecule has 1 aromatic rings. The van der Waals surface area contributed by atoms with E-state index in [4.69, 9.17) is 4.74 Å². The summed E-state index contributed by atoms with van der Waals surface area (Å²) in [5, 5.41) is 0. The second kappa shape index (κ2) is 12.6. The lowest BCUT2D eigenvalue weighted by Crippen LogP contribution is -2.07. The SMILES string of the molecule is CCCCCCCCCCCOC(=O)c1ccc(C(=O)OC)cc1. The van der Waals surface area contributed by atoms with Gasteiger partial charge in [-0.3, -0.25) is 0 Å². The third-order valence-corrected chi connectivity index (χ3v) is 4.02. The molecule has 0 aliphatic carbocycles. The smallest absolute Gasteiger partial charge is 0.338 e. The Hall–Kier alpha value is -1.84. The van der Waals surface area contributed by atoms with Gasteiger partial charge in [0.15, 0.2) is 0 Å². The summed E-state index contributed by atoms with van der Waals surface area (Å²) in [5.74, 6) is -0.754. The maximum Gasteiger partial charge on any atom is 0.338 e. The van der Waals surface area contributed by atoms with Crippen LogP contribution in [0.5, 0.6) is 0 Å². The Balaban J connectivity index is 2.10. The molecule has 1 rings (SSSR count). The molecule has 0 aliphatic heterocycles. The van der Waals surface area contributed by atoms with E-state index in [-0.39, 0.29) is 5.97 Å². The van der Waals surface area contributed by atoms with Crippen molar-refractivity contribution in [3.63, 3.8) is 0 Å². The Kier molecular flexibility index (Phi) is 10.6. The molecule has 0 saturated heterocycles. The van der Waals surface area contributed by atoms with Gasteiger partial charge in [-0.2, -0.15) is 0 Å². The number of unbranched alkanes of at least 4 members (excludes halogenated alkanes) is 8. The minimum Gasteiger partial charge on any atom is -0.465 e. The molecule has 4 nitrogen and oxygen atoms in total. The Labute approximate surface area is 145 Å². The van der Waals surface area contributed by atoms with Gasteiger partial charge >= 0.3 is 11.9 Å². The molecule has 0 atom stereocenters. The second-order valence-electron chi connectivity index (χ2n) is 6.03. The van der Waals surface area contributed by atoms with Crippen LogP contribution in [0, 0.1) is 0 Å². The van der Waals surface area contributed by atoms with E-state index in [1.165, 1.54) is 52.1 Å². The van der Waals surface area contributed by atoms with E-state index in [9.17, 15) is 9.59 Å². The van der Waals surface area contributed by atoms with Crippen LogP contribution in [0.25, 0.3) is 0 Å². The van der Waals surface area contributed by atoms with Gasteiger partial charge in [-0.05, 0) is 30.7 Å². The first-order valence-corrected chi connectivity index (χ1v) is 9.04. The molecule has 0 heterocycles. The fourth-order valence-electron chi connectivity index (χ4n) is 2.52. The zero-order valence-corrected chi connectivity index (χ0v) is 15.0. The van der Waals surface area contributed by atoms with E-state index in [1.807, 2.05) is 0 Å². The van der Waals surface area contributed by atoms with Crippen molar-refractivity contribution < 1.29 is 19.1 Å². The van der Waals surface area contributed by atoms with Gasteiger partial charge in [0.25, 0.3) is 0 Å². The third kappa shape index (κ3) is 8.14. The molecule has 0 fully saturated rings. The molecule has 0 saturated carbocycles. The van der Waals surface area contributed by atoms with Crippen LogP contribution in [0.15, 0.2) is 24.3 Å². The van der Waals surface area contributed by atoms with Crippen LogP contribution in [0.3, 0.4) is 0 Å². The van der Waals surface area contributed by atoms with E-state index in [1.54, 1.807) is 24.3 Å². The predicted molar refractivity (Wildman–Crippen MR) is 95.3 cm³/mol. The third-order valence-electron chi connectivity index (χ3n) is 4.02. The van der Waals surface area contributed by atoms with Crippen molar-refractivity contribution in [3.8, 4) is 0 Å². The highest BCUT2D eigenvalue weighted by molar-refractivity contribution is 5.93. The van der Waals surface area contributed by atoms with Crippen molar-refractivity contribution in [2.45, 2.75) is 64.7 Å². The fraction of sp³-hybridized carbons (Fsp3) is 0.600. The number of esters is 2. The van der Waals surface area contributed by atoms with E-state index in [0.29, 0.717) is 17.7 Å². The zero-order valence-electron chi connectivity index (χ0n) is 15.0. The van der Waals surface area contributed by atoms with Crippen LogP contribution in [-0.4, -0.2) is 25.7 Å². The van der Waals surface area contributed by atoms with Crippen LogP contribution >= 0.6 is 0 Å². The molecule has 0 bridgehead atoms. The lowest BCUT2D eigenvalue weighted by atomic mass is 10.1. The Morgan fingerprint density at radius 2 is 1.21 bits per heavy atom. The second-order valence-corrected chi connectivity index (χ2v) is 6.03. The van der Waals surface area contributed by atoms with Crippen LogP contribution in [0.1, 0.15) is 85.4 Å². The number of ether oxygens (including phenoxy) is 2. The van der Waals surface area contributed by atoms with Gasteiger partial charge in [-0.25, -0.2) is 9.59 Å². The van der Waals surface area contributed by atoms with Gasteiger partial charge in [-0.1, -0.05) is 58.3 Å². The summed E-state index contributed by atoms with van der Waals surface area (Å²) in [5.41, 5.74) is 0.881. The van der Waals surface area contributed by atoms with Crippen molar-refractivity contribution in [1.29, 1.82) is 0 Å². The van der Waals surface area contributed by atoms with Crippen molar-refractivity contribution in [2.24, 2.45) is 0 Å². The molecule has 0 N–H and O–H groups in total. The Bertz CT molecular complexity index is 479. The first-order chi connectivity index (χ1) is 11.7. The summed E-state index contributed by atoms with van der Waals surface area (Å²) in [6.45, 7) is 2.68. The van der Waals surface area contributed by atoms with Crippen molar-refractivity contribution >= 4 is 11.9 Å². The molecule has 0 aliphatic rings. The number of carbonyl (C=O) groups excluding carboxylic acids is 2. The van der Waals surface area contributed by atoms with Crippen molar-refractivity contribution in [2.75, 3.05) is 13.7 Å². The summed E-state index contributed by atoms with van der Waals surface area (Å²) in [6, 6.07) is 6.32. The van der Waals surface area contributed by atoms with Gasteiger partial charge in [0, 0.05) is 0 Å². The number of benzene rings is 1. The van der Waals surface area contributed by atoms with E-state index >= 15 is 0 Å². The number of hydrogen-bond donors (Lipinski definition) is 0. The van der Waals surface area contributed by atoms with E-state index in [2.05, 4.69) is 11.7 Å². The fourth-order valence-corrected chi connectivity index (χ4v) is 2.52. The molecule has 1 aromatic carbocycles. The van der Waals surface area contributed by atoms with Gasteiger partial charge in [0.05, 0.1) is 24.8 Å². The zero-order chi connectivity index (χ0) is 17.6.